The van der Waals surface area contributed by atoms with Gasteiger partial charge >= 0.3 is 0 Å². The Bertz CT molecular complexity index is 320. The van der Waals surface area contributed by atoms with Gasteiger partial charge in [-0.25, -0.2) is 0 Å². The van der Waals surface area contributed by atoms with E-state index in [4.69, 9.17) is 17.3 Å². The molecule has 5 heteroatoms. The summed E-state index contributed by atoms with van der Waals surface area (Å²) in [6.07, 6.45) is 3.02. The van der Waals surface area contributed by atoms with Crippen LogP contribution in [0.3, 0.4) is 0 Å². The maximum absolute atomic E-state index is 10.3. The van der Waals surface area contributed by atoms with Crippen molar-refractivity contribution in [2.24, 2.45) is 5.73 Å². The molecule has 0 amide bonds. The number of nitrogens with zero attached hydrogens (tertiary/aromatic N) is 2. The second kappa shape index (κ2) is 4.96. The zero-order chi connectivity index (χ0) is 11.5. The summed E-state index contributed by atoms with van der Waals surface area (Å²) in [6.45, 7) is 4.82. The molecule has 0 aliphatic heterocycles. The molecule has 0 aliphatic carbocycles. The van der Waals surface area contributed by atoms with Crippen LogP contribution in [0, 0.1) is 0 Å². The topological polar surface area (TPSA) is 64.1 Å². The van der Waals surface area contributed by atoms with Gasteiger partial charge in [-0.1, -0.05) is 25.4 Å². The quantitative estimate of drug-likeness (QED) is 0.807. The summed E-state index contributed by atoms with van der Waals surface area (Å²) < 4.78 is 1.73. The molecule has 1 heterocycles. The van der Waals surface area contributed by atoms with E-state index in [2.05, 4.69) is 5.10 Å². The number of rotatable bonds is 5. The van der Waals surface area contributed by atoms with Crippen molar-refractivity contribution >= 4 is 11.6 Å². The smallest absolute Gasteiger partial charge is 0.120 e. The summed E-state index contributed by atoms with van der Waals surface area (Å²) in [5.41, 5.74) is 5.16. The molecule has 86 valence electrons. The number of hydrogen-bond donors (Lipinski definition) is 2. The fraction of sp³-hybridized carbons (Fsp3) is 0.700. The highest BCUT2D eigenvalue weighted by atomic mass is 35.5. The Hall–Kier alpha value is -0.580. The first kappa shape index (κ1) is 12.5. The second-order valence-electron chi connectivity index (χ2n) is 3.65. The molecule has 0 saturated heterocycles. The van der Waals surface area contributed by atoms with Crippen molar-refractivity contribution < 1.29 is 5.11 Å². The van der Waals surface area contributed by atoms with Gasteiger partial charge in [-0.05, 0) is 12.8 Å². The number of halogens is 1. The summed E-state index contributed by atoms with van der Waals surface area (Å²) in [6, 6.07) is 0. The Kier molecular flexibility index (Phi) is 4.13. The molecular formula is C10H18ClN3O. The largest absolute Gasteiger partial charge is 0.382 e. The lowest BCUT2D eigenvalue weighted by atomic mass is 9.96. The van der Waals surface area contributed by atoms with Gasteiger partial charge in [0.1, 0.15) is 5.60 Å². The summed E-state index contributed by atoms with van der Waals surface area (Å²) >= 11 is 6.02. The number of aryl methyl sites for hydroxylation is 1. The van der Waals surface area contributed by atoms with Crippen molar-refractivity contribution in [1.82, 2.24) is 9.78 Å². The standard InChI is InChI=1S/C10H18ClN3O/c1-3-5-14-9(8(11)6-13-14)10(15,4-2)7-12/h6,15H,3-5,7,12H2,1-2H3. The van der Waals surface area contributed by atoms with Crippen LogP contribution in [-0.4, -0.2) is 21.4 Å². The van der Waals surface area contributed by atoms with Crippen LogP contribution in [0.2, 0.25) is 5.02 Å². The molecular weight excluding hydrogens is 214 g/mol. The van der Waals surface area contributed by atoms with Gasteiger partial charge in [0.05, 0.1) is 16.9 Å². The highest BCUT2D eigenvalue weighted by molar-refractivity contribution is 6.31. The van der Waals surface area contributed by atoms with E-state index in [1.54, 1.807) is 10.9 Å². The first-order chi connectivity index (χ1) is 7.09. The van der Waals surface area contributed by atoms with E-state index < -0.39 is 5.60 Å². The van der Waals surface area contributed by atoms with Gasteiger partial charge in [-0.3, -0.25) is 4.68 Å². The maximum Gasteiger partial charge on any atom is 0.120 e. The average Bonchev–Trinajstić information content (AvgIpc) is 2.60. The van der Waals surface area contributed by atoms with Gasteiger partial charge in [0.15, 0.2) is 0 Å². The molecule has 0 spiro atoms. The third-order valence-electron chi connectivity index (χ3n) is 2.59. The first-order valence-electron chi connectivity index (χ1n) is 5.23. The molecule has 0 saturated carbocycles. The van der Waals surface area contributed by atoms with Crippen LogP contribution in [0.1, 0.15) is 32.4 Å². The second-order valence-corrected chi connectivity index (χ2v) is 4.06. The molecule has 0 aromatic carbocycles. The lowest BCUT2D eigenvalue weighted by molar-refractivity contribution is 0.0325. The molecule has 1 aromatic heterocycles. The minimum atomic E-state index is -1.07. The van der Waals surface area contributed by atoms with Crippen LogP contribution < -0.4 is 5.73 Å². The zero-order valence-corrected chi connectivity index (χ0v) is 9.96. The van der Waals surface area contributed by atoms with Crippen LogP contribution in [0.5, 0.6) is 0 Å². The van der Waals surface area contributed by atoms with Crippen LogP contribution in [0.15, 0.2) is 6.20 Å². The Labute approximate surface area is 95.0 Å². The third-order valence-corrected chi connectivity index (χ3v) is 2.87. The SMILES string of the molecule is CCCn1ncc(Cl)c1C(O)(CC)CN. The molecule has 0 aliphatic rings. The van der Waals surface area contributed by atoms with Gasteiger partial charge in [-0.15, -0.1) is 0 Å². The van der Waals surface area contributed by atoms with Crippen molar-refractivity contribution in [3.05, 3.63) is 16.9 Å². The minimum absolute atomic E-state index is 0.151. The molecule has 1 rings (SSSR count). The van der Waals surface area contributed by atoms with E-state index in [1.165, 1.54) is 0 Å². The molecule has 0 fully saturated rings. The Morgan fingerprint density at radius 1 is 1.60 bits per heavy atom. The van der Waals surface area contributed by atoms with Gasteiger partial charge < -0.3 is 10.8 Å². The molecule has 3 N–H and O–H groups in total. The minimum Gasteiger partial charge on any atom is -0.382 e. The van der Waals surface area contributed by atoms with Gasteiger partial charge in [0.2, 0.25) is 0 Å². The number of hydrogen-bond acceptors (Lipinski definition) is 3. The predicted molar refractivity (Wildman–Crippen MR) is 60.8 cm³/mol. The molecule has 0 radical (unpaired) electrons. The van der Waals surface area contributed by atoms with Gasteiger partial charge in [0, 0.05) is 13.1 Å². The first-order valence-corrected chi connectivity index (χ1v) is 5.61. The summed E-state index contributed by atoms with van der Waals surface area (Å²) in [5.74, 6) is 0. The maximum atomic E-state index is 10.3. The lowest BCUT2D eigenvalue weighted by Gasteiger charge is -2.26. The average molecular weight is 232 g/mol. The molecule has 1 aromatic rings. The molecule has 1 atom stereocenters. The van der Waals surface area contributed by atoms with Crippen LogP contribution >= 0.6 is 11.6 Å². The molecule has 1 unspecified atom stereocenters. The van der Waals surface area contributed by atoms with E-state index in [1.807, 2.05) is 13.8 Å². The number of aliphatic hydroxyl groups is 1. The third kappa shape index (κ3) is 2.33. The number of nitrogens with two attached hydrogens (primary N) is 1. The highest BCUT2D eigenvalue weighted by Crippen LogP contribution is 2.30. The zero-order valence-electron chi connectivity index (χ0n) is 9.20. The van der Waals surface area contributed by atoms with Crippen molar-refractivity contribution in [1.29, 1.82) is 0 Å². The Morgan fingerprint density at radius 3 is 2.73 bits per heavy atom. The summed E-state index contributed by atoms with van der Waals surface area (Å²) in [5, 5.41) is 14.9. The van der Waals surface area contributed by atoms with Crippen LogP contribution in [-0.2, 0) is 12.1 Å². The fourth-order valence-electron chi connectivity index (χ4n) is 1.61. The van der Waals surface area contributed by atoms with Crippen LogP contribution in [0.4, 0.5) is 0 Å². The van der Waals surface area contributed by atoms with E-state index in [9.17, 15) is 5.11 Å². The van der Waals surface area contributed by atoms with Crippen molar-refractivity contribution in [2.75, 3.05) is 6.54 Å². The monoisotopic (exact) mass is 231 g/mol. The van der Waals surface area contributed by atoms with E-state index >= 15 is 0 Å². The van der Waals surface area contributed by atoms with Crippen molar-refractivity contribution in [3.63, 3.8) is 0 Å². The lowest BCUT2D eigenvalue weighted by Crippen LogP contribution is -2.36. The van der Waals surface area contributed by atoms with Crippen molar-refractivity contribution in [2.45, 2.75) is 38.8 Å². The van der Waals surface area contributed by atoms with Gasteiger partial charge in [0.25, 0.3) is 0 Å². The fourth-order valence-corrected chi connectivity index (χ4v) is 1.93. The number of aromatic nitrogens is 2. The van der Waals surface area contributed by atoms with Gasteiger partial charge in [-0.2, -0.15) is 5.10 Å². The summed E-state index contributed by atoms with van der Waals surface area (Å²) in [4.78, 5) is 0. The van der Waals surface area contributed by atoms with E-state index in [0.29, 0.717) is 17.1 Å². The predicted octanol–water partition coefficient (Wildman–Crippen LogP) is 1.50. The molecule has 15 heavy (non-hydrogen) atoms. The van der Waals surface area contributed by atoms with E-state index in [-0.39, 0.29) is 6.54 Å². The highest BCUT2D eigenvalue weighted by Gasteiger charge is 2.31. The van der Waals surface area contributed by atoms with Crippen molar-refractivity contribution in [3.8, 4) is 0 Å². The molecule has 4 nitrogen and oxygen atoms in total. The Morgan fingerprint density at radius 2 is 2.27 bits per heavy atom. The van der Waals surface area contributed by atoms with Crippen LogP contribution in [0.25, 0.3) is 0 Å². The Balaban J connectivity index is 3.14. The molecule has 0 bridgehead atoms. The normalized spacial score (nSPS) is 15.3. The van der Waals surface area contributed by atoms with E-state index in [0.717, 1.165) is 13.0 Å². The summed E-state index contributed by atoms with van der Waals surface area (Å²) in [7, 11) is 0.